The molecule has 0 saturated heterocycles. The van der Waals surface area contributed by atoms with E-state index in [0.717, 1.165) is 23.2 Å². The van der Waals surface area contributed by atoms with E-state index in [1.165, 1.54) is 16.0 Å². The fourth-order valence-electron chi connectivity index (χ4n) is 3.18. The predicted molar refractivity (Wildman–Crippen MR) is 115 cm³/mol. The molecular formula is C23H26N2OS. The topological polar surface area (TPSA) is 41.1 Å². The number of para-hydroxylation sites is 1. The molecule has 0 aliphatic rings. The van der Waals surface area contributed by atoms with Gasteiger partial charge in [-0.05, 0) is 48.4 Å². The van der Waals surface area contributed by atoms with Gasteiger partial charge in [-0.3, -0.25) is 10.1 Å². The molecular weight excluding hydrogens is 352 g/mol. The second-order valence-corrected chi connectivity index (χ2v) is 7.73. The van der Waals surface area contributed by atoms with Gasteiger partial charge in [-0.25, -0.2) is 0 Å². The van der Waals surface area contributed by atoms with E-state index in [1.807, 2.05) is 25.1 Å². The molecule has 0 aliphatic carbocycles. The molecule has 3 aromatic rings. The lowest BCUT2D eigenvalue weighted by atomic mass is 10.0. The average molecular weight is 379 g/mol. The zero-order chi connectivity index (χ0) is 19.2. The second-order valence-electron chi connectivity index (χ2n) is 6.75. The summed E-state index contributed by atoms with van der Waals surface area (Å²) < 4.78 is 0. The van der Waals surface area contributed by atoms with Crippen LogP contribution in [0.15, 0.2) is 60.0 Å². The zero-order valence-corrected chi connectivity index (χ0v) is 16.9. The number of carbonyl (C=O) groups is 1. The van der Waals surface area contributed by atoms with Gasteiger partial charge in [-0.2, -0.15) is 0 Å². The van der Waals surface area contributed by atoms with Crippen molar-refractivity contribution in [3.8, 4) is 0 Å². The van der Waals surface area contributed by atoms with Crippen LogP contribution in [0, 0.1) is 13.8 Å². The molecule has 0 spiro atoms. The second kappa shape index (κ2) is 8.98. The molecule has 1 heterocycles. The molecule has 4 heteroatoms. The summed E-state index contributed by atoms with van der Waals surface area (Å²) in [6.45, 7) is 6.47. The van der Waals surface area contributed by atoms with Gasteiger partial charge >= 0.3 is 0 Å². The van der Waals surface area contributed by atoms with E-state index >= 15 is 0 Å². The predicted octanol–water partition coefficient (Wildman–Crippen LogP) is 5.25. The number of thiophene rings is 1. The van der Waals surface area contributed by atoms with E-state index in [-0.39, 0.29) is 18.5 Å². The van der Waals surface area contributed by atoms with Gasteiger partial charge < -0.3 is 5.32 Å². The average Bonchev–Trinajstić information content (AvgIpc) is 3.19. The molecule has 0 unspecified atom stereocenters. The summed E-state index contributed by atoms with van der Waals surface area (Å²) in [7, 11) is 0. The monoisotopic (exact) mass is 378 g/mol. The van der Waals surface area contributed by atoms with Crippen LogP contribution in [0.4, 0.5) is 5.69 Å². The first-order valence-corrected chi connectivity index (χ1v) is 10.2. The summed E-state index contributed by atoms with van der Waals surface area (Å²) >= 11 is 1.70. The third-order valence-electron chi connectivity index (χ3n) is 4.71. The van der Waals surface area contributed by atoms with Crippen molar-refractivity contribution >= 4 is 22.9 Å². The lowest BCUT2D eigenvalue weighted by Crippen LogP contribution is -2.32. The summed E-state index contributed by atoms with van der Waals surface area (Å²) in [6.07, 6.45) is 0.895. The Morgan fingerprint density at radius 1 is 1.04 bits per heavy atom. The maximum absolute atomic E-state index is 12.6. The van der Waals surface area contributed by atoms with Crippen molar-refractivity contribution in [2.45, 2.75) is 33.2 Å². The Balaban J connectivity index is 1.72. The van der Waals surface area contributed by atoms with E-state index in [1.54, 1.807) is 11.3 Å². The number of rotatable bonds is 7. The van der Waals surface area contributed by atoms with E-state index in [9.17, 15) is 4.79 Å². The van der Waals surface area contributed by atoms with Crippen LogP contribution < -0.4 is 10.6 Å². The molecule has 0 fully saturated rings. The van der Waals surface area contributed by atoms with Gasteiger partial charge in [0.2, 0.25) is 5.91 Å². The standard InChI is InChI=1S/C23H26N2OS/c1-4-18-8-5-7-17(3)22(18)25-21(26)15-24-23(20-9-6-14-27-20)19-12-10-16(2)11-13-19/h5-14,23-24H,4,15H2,1-3H3,(H,25,26)/t23-/m1/s1. The quantitative estimate of drug-likeness (QED) is 0.590. The van der Waals surface area contributed by atoms with E-state index in [0.29, 0.717) is 0 Å². The summed E-state index contributed by atoms with van der Waals surface area (Å²) in [5, 5.41) is 8.59. The fourth-order valence-corrected chi connectivity index (χ4v) is 4.00. The molecule has 0 radical (unpaired) electrons. The first-order valence-electron chi connectivity index (χ1n) is 9.30. The molecule has 2 N–H and O–H groups in total. The van der Waals surface area contributed by atoms with Crippen molar-refractivity contribution in [2.24, 2.45) is 0 Å². The highest BCUT2D eigenvalue weighted by Crippen LogP contribution is 2.26. The van der Waals surface area contributed by atoms with Crippen molar-refractivity contribution in [3.05, 3.63) is 87.1 Å². The summed E-state index contributed by atoms with van der Waals surface area (Å²) in [6, 6.07) is 18.8. The van der Waals surface area contributed by atoms with Crippen LogP contribution >= 0.6 is 11.3 Å². The normalized spacial score (nSPS) is 12.0. The zero-order valence-electron chi connectivity index (χ0n) is 16.1. The molecule has 0 aliphatic heterocycles. The number of aryl methyl sites for hydroxylation is 3. The Labute approximate surface area is 165 Å². The van der Waals surface area contributed by atoms with Crippen LogP contribution in [-0.4, -0.2) is 12.5 Å². The van der Waals surface area contributed by atoms with Crippen LogP contribution in [0.25, 0.3) is 0 Å². The number of carbonyl (C=O) groups excluding carboxylic acids is 1. The van der Waals surface area contributed by atoms with E-state index in [2.05, 4.69) is 66.3 Å². The minimum Gasteiger partial charge on any atom is -0.324 e. The van der Waals surface area contributed by atoms with Gasteiger partial charge in [0.25, 0.3) is 0 Å². The van der Waals surface area contributed by atoms with Crippen LogP contribution in [0.5, 0.6) is 0 Å². The lowest BCUT2D eigenvalue weighted by molar-refractivity contribution is -0.115. The molecule has 1 aromatic heterocycles. The fraction of sp³-hybridized carbons (Fsp3) is 0.261. The van der Waals surface area contributed by atoms with Crippen molar-refractivity contribution in [1.82, 2.24) is 5.32 Å². The number of benzene rings is 2. The molecule has 2 aromatic carbocycles. The molecule has 1 amide bonds. The Kier molecular flexibility index (Phi) is 6.43. The molecule has 1 atom stereocenters. The SMILES string of the molecule is CCc1cccc(C)c1NC(=O)CN[C@H](c1ccc(C)cc1)c1cccs1. The number of nitrogens with one attached hydrogen (secondary N) is 2. The molecule has 3 nitrogen and oxygen atoms in total. The molecule has 0 bridgehead atoms. The van der Waals surface area contributed by atoms with Crippen LogP contribution in [0.2, 0.25) is 0 Å². The van der Waals surface area contributed by atoms with E-state index < -0.39 is 0 Å². The highest BCUT2D eigenvalue weighted by atomic mass is 32.1. The minimum absolute atomic E-state index is 0.0128. The highest BCUT2D eigenvalue weighted by Gasteiger charge is 2.17. The lowest BCUT2D eigenvalue weighted by Gasteiger charge is -2.19. The van der Waals surface area contributed by atoms with Gasteiger partial charge in [0.1, 0.15) is 0 Å². The van der Waals surface area contributed by atoms with Crippen molar-refractivity contribution in [3.63, 3.8) is 0 Å². The summed E-state index contributed by atoms with van der Waals surface area (Å²) in [4.78, 5) is 13.8. The number of amides is 1. The Hall–Kier alpha value is -2.43. The number of anilines is 1. The van der Waals surface area contributed by atoms with Crippen molar-refractivity contribution < 1.29 is 4.79 Å². The number of hydrogen-bond donors (Lipinski definition) is 2. The summed E-state index contributed by atoms with van der Waals surface area (Å²) in [5.74, 6) is -0.0207. The first-order chi connectivity index (χ1) is 13.1. The van der Waals surface area contributed by atoms with Crippen molar-refractivity contribution in [2.75, 3.05) is 11.9 Å². The molecule has 140 valence electrons. The maximum Gasteiger partial charge on any atom is 0.238 e. The van der Waals surface area contributed by atoms with Crippen LogP contribution in [-0.2, 0) is 11.2 Å². The van der Waals surface area contributed by atoms with Crippen molar-refractivity contribution in [1.29, 1.82) is 0 Å². The molecule has 3 rings (SSSR count). The van der Waals surface area contributed by atoms with Gasteiger partial charge in [-0.1, -0.05) is 61.0 Å². The first kappa shape index (κ1) is 19.3. The Morgan fingerprint density at radius 3 is 2.48 bits per heavy atom. The Morgan fingerprint density at radius 2 is 1.81 bits per heavy atom. The van der Waals surface area contributed by atoms with Gasteiger partial charge in [-0.15, -0.1) is 11.3 Å². The third-order valence-corrected chi connectivity index (χ3v) is 5.65. The number of hydrogen-bond acceptors (Lipinski definition) is 3. The highest BCUT2D eigenvalue weighted by molar-refractivity contribution is 7.10. The summed E-state index contributed by atoms with van der Waals surface area (Å²) in [5.41, 5.74) is 5.59. The third kappa shape index (κ3) is 4.85. The van der Waals surface area contributed by atoms with Gasteiger partial charge in [0.05, 0.1) is 12.6 Å². The maximum atomic E-state index is 12.6. The van der Waals surface area contributed by atoms with Gasteiger partial charge in [0.15, 0.2) is 0 Å². The van der Waals surface area contributed by atoms with Crippen LogP contribution in [0.3, 0.4) is 0 Å². The molecule has 27 heavy (non-hydrogen) atoms. The minimum atomic E-state index is -0.0207. The van der Waals surface area contributed by atoms with Gasteiger partial charge in [0, 0.05) is 10.6 Å². The van der Waals surface area contributed by atoms with Crippen LogP contribution in [0.1, 0.15) is 40.1 Å². The largest absolute Gasteiger partial charge is 0.324 e. The molecule has 0 saturated carbocycles. The smallest absolute Gasteiger partial charge is 0.238 e. The van der Waals surface area contributed by atoms with E-state index in [4.69, 9.17) is 0 Å². The Bertz CT molecular complexity index is 885.